The second-order valence-corrected chi connectivity index (χ2v) is 9.10. The third kappa shape index (κ3) is 7.50. The second-order valence-electron chi connectivity index (χ2n) is 6.65. The summed E-state index contributed by atoms with van der Waals surface area (Å²) in [6.07, 6.45) is -1.23. The van der Waals surface area contributed by atoms with Gasteiger partial charge in [-0.15, -0.1) is 0 Å². The van der Waals surface area contributed by atoms with Crippen LogP contribution in [-0.4, -0.2) is 35.5 Å². The Morgan fingerprint density at radius 1 is 1.03 bits per heavy atom. The molecule has 7 nitrogen and oxygen atoms in total. The Morgan fingerprint density at radius 2 is 1.60 bits per heavy atom. The molecular weight excluding hydrogens is 405 g/mol. The van der Waals surface area contributed by atoms with Gasteiger partial charge in [0.1, 0.15) is 12.4 Å². The summed E-state index contributed by atoms with van der Waals surface area (Å²) in [6.45, 7) is 5.34. The van der Waals surface area contributed by atoms with Crippen molar-refractivity contribution >= 4 is 19.4 Å². The molecule has 0 aromatic heterocycles. The Hall–Kier alpha value is -2.89. The molecule has 2 unspecified atom stereocenters. The highest BCUT2D eigenvalue weighted by molar-refractivity contribution is 7.59. The van der Waals surface area contributed by atoms with Crippen LogP contribution in [0, 0.1) is 0 Å². The highest BCUT2D eigenvalue weighted by Gasteiger charge is 2.35. The Kier molecular flexibility index (Phi) is 8.84. The zero-order valence-corrected chi connectivity index (χ0v) is 17.7. The van der Waals surface area contributed by atoms with Crippen LogP contribution in [0.1, 0.15) is 18.1 Å². The zero-order chi connectivity index (χ0) is 22.0. The van der Waals surface area contributed by atoms with E-state index in [1.807, 2.05) is 24.3 Å². The molecule has 0 saturated carbocycles. The maximum Gasteiger partial charge on any atom is 0.408 e. The van der Waals surface area contributed by atoms with Gasteiger partial charge < -0.3 is 19.7 Å². The van der Waals surface area contributed by atoms with Crippen molar-refractivity contribution in [2.24, 2.45) is 0 Å². The van der Waals surface area contributed by atoms with Gasteiger partial charge in [0.05, 0.1) is 12.8 Å². The fourth-order valence-corrected chi connectivity index (χ4v) is 4.41. The number of ether oxygens (including phenoxy) is 2. The molecule has 2 atom stereocenters. The monoisotopic (exact) mass is 431 g/mol. The van der Waals surface area contributed by atoms with E-state index in [-0.39, 0.29) is 25.2 Å². The van der Waals surface area contributed by atoms with Gasteiger partial charge in [0, 0.05) is 12.0 Å². The molecule has 0 bridgehead atoms. The van der Waals surface area contributed by atoms with Gasteiger partial charge in [-0.2, -0.15) is 0 Å². The summed E-state index contributed by atoms with van der Waals surface area (Å²) in [7, 11) is -4.06. The summed E-state index contributed by atoms with van der Waals surface area (Å²) in [5, 5.41) is 2.48. The summed E-state index contributed by atoms with van der Waals surface area (Å²) in [4.78, 5) is 34.8. The molecule has 30 heavy (non-hydrogen) atoms. The van der Waals surface area contributed by atoms with Gasteiger partial charge in [0.25, 0.3) is 0 Å². The molecule has 8 heteroatoms. The number of carbonyl (C=O) groups excluding carboxylic acids is 2. The van der Waals surface area contributed by atoms with E-state index in [1.54, 1.807) is 43.3 Å². The number of alkyl carbamates (subject to hydrolysis) is 1. The molecule has 0 aliphatic rings. The van der Waals surface area contributed by atoms with E-state index in [0.717, 1.165) is 11.1 Å². The highest BCUT2D eigenvalue weighted by atomic mass is 31.2. The first-order valence-corrected chi connectivity index (χ1v) is 11.4. The first kappa shape index (κ1) is 23.4. The number of hydrogen-bond acceptors (Lipinski definition) is 5. The lowest BCUT2D eigenvalue weighted by Gasteiger charge is -2.24. The first-order valence-electron chi connectivity index (χ1n) is 9.49. The Balaban J connectivity index is 2.10. The van der Waals surface area contributed by atoms with Gasteiger partial charge in [0.15, 0.2) is 0 Å². The molecule has 2 N–H and O–H groups in total. The molecule has 2 rings (SSSR count). The van der Waals surface area contributed by atoms with Crippen LogP contribution >= 0.6 is 7.37 Å². The average molecular weight is 431 g/mol. The summed E-state index contributed by atoms with van der Waals surface area (Å²) in [5.41, 5.74) is 1.41. The number of rotatable bonds is 10. The van der Waals surface area contributed by atoms with Gasteiger partial charge in [-0.25, -0.2) is 9.59 Å². The van der Waals surface area contributed by atoms with Crippen molar-refractivity contribution in [3.63, 3.8) is 0 Å². The van der Waals surface area contributed by atoms with Gasteiger partial charge in [0.2, 0.25) is 7.37 Å². The maximum absolute atomic E-state index is 13.1. The summed E-state index contributed by atoms with van der Waals surface area (Å²) in [6, 6.07) is 18.0. The molecule has 2 aromatic carbocycles. The number of hydrogen-bond donors (Lipinski definition) is 2. The largest absolute Gasteiger partial charge is 0.463 e. The van der Waals surface area contributed by atoms with Crippen LogP contribution in [0.4, 0.5) is 4.79 Å². The van der Waals surface area contributed by atoms with E-state index < -0.39 is 31.4 Å². The van der Waals surface area contributed by atoms with Crippen molar-refractivity contribution < 1.29 is 28.5 Å². The van der Waals surface area contributed by atoms with Crippen molar-refractivity contribution in [3.05, 3.63) is 83.9 Å². The smallest absolute Gasteiger partial charge is 0.408 e. The van der Waals surface area contributed by atoms with E-state index in [1.165, 1.54) is 0 Å². The van der Waals surface area contributed by atoms with Crippen molar-refractivity contribution in [2.45, 2.75) is 25.7 Å². The second kappa shape index (κ2) is 11.3. The Morgan fingerprint density at radius 3 is 2.17 bits per heavy atom. The fourth-order valence-electron chi connectivity index (χ4n) is 2.71. The van der Waals surface area contributed by atoms with Crippen LogP contribution in [0.2, 0.25) is 0 Å². The fraction of sp³-hybridized carbons (Fsp3) is 0.273. The minimum absolute atomic E-state index is 0.0238. The number of amides is 1. The van der Waals surface area contributed by atoms with Gasteiger partial charge in [-0.1, -0.05) is 67.2 Å². The van der Waals surface area contributed by atoms with Gasteiger partial charge >= 0.3 is 12.1 Å². The highest BCUT2D eigenvalue weighted by Crippen LogP contribution is 2.47. The molecule has 0 heterocycles. The third-order valence-corrected chi connectivity index (χ3v) is 6.36. The van der Waals surface area contributed by atoms with Crippen LogP contribution in [0.5, 0.6) is 0 Å². The predicted octanol–water partition coefficient (Wildman–Crippen LogP) is 3.87. The molecule has 1 amide bonds. The number of esters is 1. The quantitative estimate of drug-likeness (QED) is 0.336. The summed E-state index contributed by atoms with van der Waals surface area (Å²) in [5.74, 6) is -1.90. The van der Waals surface area contributed by atoms with E-state index in [0.29, 0.717) is 0 Å². The van der Waals surface area contributed by atoms with Crippen LogP contribution in [0.15, 0.2) is 72.8 Å². The van der Waals surface area contributed by atoms with Crippen molar-refractivity contribution in [3.8, 4) is 0 Å². The van der Waals surface area contributed by atoms with Crippen molar-refractivity contribution in [1.82, 2.24) is 5.32 Å². The van der Waals surface area contributed by atoms with Gasteiger partial charge in [-0.3, -0.25) is 4.57 Å². The first-order chi connectivity index (χ1) is 14.3. The number of nitrogens with one attached hydrogen (secondary N) is 1. The third-order valence-electron chi connectivity index (χ3n) is 4.24. The van der Waals surface area contributed by atoms with Crippen molar-refractivity contribution in [2.75, 3.05) is 12.8 Å². The molecule has 0 saturated heterocycles. The molecule has 160 valence electrons. The summed E-state index contributed by atoms with van der Waals surface area (Å²) < 4.78 is 23.1. The molecule has 0 spiro atoms. The lowest BCUT2D eigenvalue weighted by atomic mass is 10.1. The average Bonchev–Trinajstić information content (AvgIpc) is 2.73. The van der Waals surface area contributed by atoms with Gasteiger partial charge in [-0.05, 0) is 18.1 Å². The lowest BCUT2D eigenvalue weighted by Crippen LogP contribution is -2.37. The SMILES string of the molecule is C=C(CP(=O)(O)C(Cc1ccccc1)NC(=O)OCc1ccccc1)C(=O)OCC. The number of carbonyl (C=O) groups is 2. The van der Waals surface area contributed by atoms with E-state index >= 15 is 0 Å². The van der Waals surface area contributed by atoms with Crippen LogP contribution in [0.3, 0.4) is 0 Å². The minimum atomic E-state index is -4.06. The van der Waals surface area contributed by atoms with Crippen LogP contribution in [0.25, 0.3) is 0 Å². The zero-order valence-electron chi connectivity index (χ0n) is 16.8. The topological polar surface area (TPSA) is 102 Å². The molecule has 0 fully saturated rings. The summed E-state index contributed by atoms with van der Waals surface area (Å²) >= 11 is 0. The van der Waals surface area contributed by atoms with E-state index in [9.17, 15) is 19.0 Å². The lowest BCUT2D eigenvalue weighted by molar-refractivity contribution is -0.138. The molecule has 2 aromatic rings. The molecule has 0 aliphatic carbocycles. The predicted molar refractivity (Wildman–Crippen MR) is 114 cm³/mol. The van der Waals surface area contributed by atoms with Crippen molar-refractivity contribution in [1.29, 1.82) is 0 Å². The Labute approximate surface area is 176 Å². The standard InChI is InChI=1S/C22H26NO6P/c1-3-28-21(24)17(2)16-30(26,27)20(14-18-10-6-4-7-11-18)23-22(25)29-15-19-12-8-5-9-13-19/h4-13,20H,2-3,14-16H2,1H3,(H,23,25)(H,26,27). The minimum Gasteiger partial charge on any atom is -0.463 e. The number of benzene rings is 2. The van der Waals surface area contributed by atoms with E-state index in [4.69, 9.17) is 9.47 Å². The molecule has 0 aliphatic heterocycles. The Bertz CT molecular complexity index is 900. The molecule has 0 radical (unpaired) electrons. The normalized spacial score (nSPS) is 13.5. The maximum atomic E-state index is 13.1. The molecular formula is C22H26NO6P. The van der Waals surface area contributed by atoms with E-state index in [2.05, 4.69) is 11.9 Å². The van der Waals surface area contributed by atoms with Crippen LogP contribution < -0.4 is 5.32 Å². The van der Waals surface area contributed by atoms with Crippen LogP contribution in [-0.2, 0) is 31.9 Å².